The summed E-state index contributed by atoms with van der Waals surface area (Å²) >= 11 is 0. The Balaban J connectivity index is 1.92. The molecule has 45 heavy (non-hydrogen) atoms. The summed E-state index contributed by atoms with van der Waals surface area (Å²) in [7, 11) is 0. The second-order valence-electron chi connectivity index (χ2n) is 12.8. The monoisotopic (exact) mass is 614 g/mol. The Bertz CT molecular complexity index is 1230. The van der Waals surface area contributed by atoms with Crippen LogP contribution in [0, 0.1) is 0 Å². The summed E-state index contributed by atoms with van der Waals surface area (Å²) in [6.07, 6.45) is 23.8. The molecule has 0 radical (unpaired) electrons. The molecule has 3 nitrogen and oxygen atoms in total. The van der Waals surface area contributed by atoms with Crippen molar-refractivity contribution >= 4 is 0 Å². The molecular weight excluding hydrogens is 552 g/mol. The molecule has 0 spiro atoms. The van der Waals surface area contributed by atoms with Crippen LogP contribution in [0.25, 0.3) is 0 Å². The van der Waals surface area contributed by atoms with Gasteiger partial charge in [0.2, 0.25) is 5.75 Å². The summed E-state index contributed by atoms with van der Waals surface area (Å²) in [5, 5.41) is 11.1. The predicted molar refractivity (Wildman–Crippen MR) is 193 cm³/mol. The number of aryl methyl sites for hydroxylation is 2. The van der Waals surface area contributed by atoms with E-state index in [1.165, 1.54) is 112 Å². The van der Waals surface area contributed by atoms with Gasteiger partial charge < -0.3 is 14.6 Å². The van der Waals surface area contributed by atoms with Crippen molar-refractivity contribution in [1.82, 2.24) is 0 Å². The van der Waals surface area contributed by atoms with E-state index in [0.717, 1.165) is 50.0 Å². The first-order chi connectivity index (χ1) is 22.1. The van der Waals surface area contributed by atoms with Gasteiger partial charge >= 0.3 is 0 Å². The maximum absolute atomic E-state index is 11.1. The van der Waals surface area contributed by atoms with Crippen molar-refractivity contribution in [2.24, 2.45) is 0 Å². The summed E-state index contributed by atoms with van der Waals surface area (Å²) in [6.45, 7) is 9.05. The van der Waals surface area contributed by atoms with Gasteiger partial charge in [0.1, 0.15) is 11.5 Å². The molecule has 0 aliphatic heterocycles. The lowest BCUT2D eigenvalue weighted by Crippen LogP contribution is -2.02. The van der Waals surface area contributed by atoms with E-state index < -0.39 is 0 Å². The SMILES string of the molecule is CCCCCCc1cccc(Oc2cccc(O)c2Oc2cccc(CCCCCC)c2CCCCCC)c1CCCCCC. The Morgan fingerprint density at radius 2 is 0.822 bits per heavy atom. The number of unbranched alkanes of at least 4 members (excludes halogenated alkanes) is 12. The highest BCUT2D eigenvalue weighted by molar-refractivity contribution is 5.56. The lowest BCUT2D eigenvalue weighted by Gasteiger charge is -2.20. The van der Waals surface area contributed by atoms with E-state index in [9.17, 15) is 5.11 Å². The third kappa shape index (κ3) is 12.4. The molecule has 0 atom stereocenters. The zero-order valence-corrected chi connectivity index (χ0v) is 29.1. The second kappa shape index (κ2) is 21.7. The van der Waals surface area contributed by atoms with E-state index in [1.54, 1.807) is 6.07 Å². The standard InChI is InChI=1S/C42H62O3/c1-5-9-13-17-24-34-26-21-31-39(36(34)28-19-15-11-7-3)44-41-33-23-30-38(43)42(41)45-40-32-22-27-35(25-18-14-10-6-2)37(40)29-20-16-12-8-4/h21-23,26-27,30-33,43H,5-20,24-25,28-29H2,1-4H3. The normalized spacial score (nSPS) is 11.2. The van der Waals surface area contributed by atoms with Gasteiger partial charge in [-0.1, -0.05) is 135 Å². The number of rotatable bonds is 24. The summed E-state index contributed by atoms with van der Waals surface area (Å²) in [4.78, 5) is 0. The van der Waals surface area contributed by atoms with Gasteiger partial charge in [-0.3, -0.25) is 0 Å². The molecule has 0 saturated heterocycles. The van der Waals surface area contributed by atoms with Crippen LogP contribution in [0.5, 0.6) is 28.7 Å². The van der Waals surface area contributed by atoms with Gasteiger partial charge in [-0.25, -0.2) is 0 Å². The number of hydrogen-bond donors (Lipinski definition) is 1. The third-order valence-electron chi connectivity index (χ3n) is 9.01. The first-order valence-electron chi connectivity index (χ1n) is 18.5. The Hall–Kier alpha value is -2.94. The minimum absolute atomic E-state index is 0.109. The molecule has 0 heterocycles. The Kier molecular flexibility index (Phi) is 17.6. The van der Waals surface area contributed by atoms with E-state index in [1.807, 2.05) is 12.1 Å². The number of para-hydroxylation sites is 1. The Morgan fingerprint density at radius 3 is 1.29 bits per heavy atom. The average Bonchev–Trinajstić information content (AvgIpc) is 3.05. The summed E-state index contributed by atoms with van der Waals surface area (Å²) < 4.78 is 13.4. The van der Waals surface area contributed by atoms with E-state index in [2.05, 4.69) is 64.1 Å². The van der Waals surface area contributed by atoms with E-state index >= 15 is 0 Å². The molecule has 3 rings (SSSR count). The summed E-state index contributed by atoms with van der Waals surface area (Å²) in [5.74, 6) is 2.81. The molecule has 0 saturated carbocycles. The average molecular weight is 615 g/mol. The first kappa shape index (κ1) is 36.5. The molecule has 0 fully saturated rings. The van der Waals surface area contributed by atoms with Crippen molar-refractivity contribution in [1.29, 1.82) is 0 Å². The molecule has 0 unspecified atom stereocenters. The van der Waals surface area contributed by atoms with Gasteiger partial charge in [-0.05, 0) is 97.9 Å². The van der Waals surface area contributed by atoms with Crippen LogP contribution in [-0.4, -0.2) is 5.11 Å². The Labute approximate surface area is 275 Å². The van der Waals surface area contributed by atoms with Crippen LogP contribution in [-0.2, 0) is 25.7 Å². The van der Waals surface area contributed by atoms with Crippen molar-refractivity contribution < 1.29 is 14.6 Å². The van der Waals surface area contributed by atoms with Crippen LogP contribution in [0.1, 0.15) is 153 Å². The van der Waals surface area contributed by atoms with Crippen LogP contribution < -0.4 is 9.47 Å². The lowest BCUT2D eigenvalue weighted by molar-refractivity contribution is 0.377. The van der Waals surface area contributed by atoms with Crippen molar-refractivity contribution in [3.63, 3.8) is 0 Å². The van der Waals surface area contributed by atoms with Gasteiger partial charge in [0.05, 0.1) is 0 Å². The third-order valence-corrected chi connectivity index (χ3v) is 9.01. The molecule has 0 aliphatic carbocycles. The topological polar surface area (TPSA) is 38.7 Å². The number of ether oxygens (including phenoxy) is 2. The first-order valence-corrected chi connectivity index (χ1v) is 18.5. The molecule has 3 aromatic carbocycles. The van der Waals surface area contributed by atoms with E-state index in [0.29, 0.717) is 11.5 Å². The Morgan fingerprint density at radius 1 is 0.422 bits per heavy atom. The van der Waals surface area contributed by atoms with E-state index in [4.69, 9.17) is 9.47 Å². The smallest absolute Gasteiger partial charge is 0.211 e. The lowest BCUT2D eigenvalue weighted by atomic mass is 9.95. The number of hydrogen-bond acceptors (Lipinski definition) is 3. The quantitative estimate of drug-likeness (QED) is 0.102. The highest BCUT2D eigenvalue weighted by Crippen LogP contribution is 2.44. The van der Waals surface area contributed by atoms with Crippen LogP contribution in [0.15, 0.2) is 54.6 Å². The molecule has 3 aromatic rings. The van der Waals surface area contributed by atoms with Crippen LogP contribution in [0.3, 0.4) is 0 Å². The molecule has 0 aliphatic rings. The fourth-order valence-electron chi connectivity index (χ4n) is 6.31. The van der Waals surface area contributed by atoms with Gasteiger partial charge in [-0.15, -0.1) is 0 Å². The maximum atomic E-state index is 11.1. The van der Waals surface area contributed by atoms with Crippen LogP contribution in [0.4, 0.5) is 0 Å². The molecule has 0 bridgehead atoms. The molecule has 3 heteroatoms. The van der Waals surface area contributed by atoms with Gasteiger partial charge in [0.25, 0.3) is 0 Å². The summed E-state index contributed by atoms with van der Waals surface area (Å²) in [6, 6.07) is 18.4. The minimum Gasteiger partial charge on any atom is -0.504 e. The fourth-order valence-corrected chi connectivity index (χ4v) is 6.31. The maximum Gasteiger partial charge on any atom is 0.211 e. The van der Waals surface area contributed by atoms with Crippen molar-refractivity contribution in [2.45, 2.75) is 156 Å². The fraction of sp³-hybridized carbons (Fsp3) is 0.571. The van der Waals surface area contributed by atoms with Crippen molar-refractivity contribution in [3.05, 3.63) is 76.9 Å². The number of phenols is 1. The summed E-state index contributed by atoms with van der Waals surface area (Å²) in [5.41, 5.74) is 5.37. The molecule has 1 N–H and O–H groups in total. The number of benzene rings is 3. The predicted octanol–water partition coefficient (Wildman–Crippen LogP) is 13.5. The molecule has 0 amide bonds. The van der Waals surface area contributed by atoms with Crippen molar-refractivity contribution in [3.8, 4) is 28.7 Å². The number of aromatic hydroxyl groups is 1. The highest BCUT2D eigenvalue weighted by Gasteiger charge is 2.19. The van der Waals surface area contributed by atoms with Crippen LogP contribution in [0.2, 0.25) is 0 Å². The number of phenolic OH excluding ortho intramolecular Hbond substituents is 1. The van der Waals surface area contributed by atoms with E-state index in [-0.39, 0.29) is 5.75 Å². The minimum atomic E-state index is 0.109. The van der Waals surface area contributed by atoms with Crippen LogP contribution >= 0.6 is 0 Å². The van der Waals surface area contributed by atoms with Gasteiger partial charge in [0, 0.05) is 0 Å². The zero-order chi connectivity index (χ0) is 32.1. The molecule has 0 aromatic heterocycles. The van der Waals surface area contributed by atoms with Gasteiger partial charge in [-0.2, -0.15) is 0 Å². The largest absolute Gasteiger partial charge is 0.504 e. The van der Waals surface area contributed by atoms with Crippen molar-refractivity contribution in [2.75, 3.05) is 0 Å². The molecule has 248 valence electrons. The second-order valence-corrected chi connectivity index (χ2v) is 12.8. The highest BCUT2D eigenvalue weighted by atomic mass is 16.5. The zero-order valence-electron chi connectivity index (χ0n) is 29.1. The van der Waals surface area contributed by atoms with Gasteiger partial charge in [0.15, 0.2) is 11.5 Å². The molecular formula is C42H62O3.